The zero-order valence-corrected chi connectivity index (χ0v) is 20.3. The van der Waals surface area contributed by atoms with Crippen molar-refractivity contribution >= 4 is 34.9 Å². The first kappa shape index (κ1) is 23.8. The van der Waals surface area contributed by atoms with Crippen LogP contribution in [0.15, 0.2) is 91.0 Å². The Morgan fingerprint density at radius 2 is 1.57 bits per heavy atom. The zero-order chi connectivity index (χ0) is 25.8. The van der Waals surface area contributed by atoms with Crippen LogP contribution in [0.25, 0.3) is 11.1 Å². The second-order valence-electron chi connectivity index (χ2n) is 8.93. The molecule has 0 saturated heterocycles. The van der Waals surface area contributed by atoms with Crippen LogP contribution in [-0.2, 0) is 17.8 Å². The van der Waals surface area contributed by atoms with Crippen molar-refractivity contribution < 1.29 is 14.4 Å². The summed E-state index contributed by atoms with van der Waals surface area (Å²) in [5, 5.41) is 11.4. The fourth-order valence-electron chi connectivity index (χ4n) is 4.45. The van der Waals surface area contributed by atoms with Crippen molar-refractivity contribution in [1.29, 1.82) is 0 Å². The third-order valence-corrected chi connectivity index (χ3v) is 6.18. The van der Waals surface area contributed by atoms with Gasteiger partial charge in [0.2, 0.25) is 5.91 Å². The largest absolute Gasteiger partial charge is 0.348 e. The molecule has 0 bridgehead atoms. The molecule has 0 spiro atoms. The van der Waals surface area contributed by atoms with Crippen LogP contribution in [0.5, 0.6) is 0 Å². The Morgan fingerprint density at radius 1 is 0.811 bits per heavy atom. The summed E-state index contributed by atoms with van der Waals surface area (Å²) >= 11 is 0. The number of carbonyl (C=O) groups excluding carboxylic acids is 3. The molecule has 7 heteroatoms. The number of anilines is 3. The van der Waals surface area contributed by atoms with Crippen molar-refractivity contribution in [1.82, 2.24) is 5.32 Å². The van der Waals surface area contributed by atoms with Gasteiger partial charge in [-0.3, -0.25) is 9.59 Å². The smallest absolute Gasteiger partial charge is 0.323 e. The fraction of sp³-hybridized carbons (Fsp3) is 0.100. The molecule has 0 aliphatic carbocycles. The Labute approximate surface area is 214 Å². The summed E-state index contributed by atoms with van der Waals surface area (Å²) in [4.78, 5) is 37.6. The van der Waals surface area contributed by atoms with Gasteiger partial charge in [0.15, 0.2) is 0 Å². The first-order valence-corrected chi connectivity index (χ1v) is 12.0. The summed E-state index contributed by atoms with van der Waals surface area (Å²) in [5.41, 5.74) is 6.94. The third kappa shape index (κ3) is 5.51. The van der Waals surface area contributed by atoms with E-state index in [0.717, 1.165) is 33.5 Å². The molecule has 0 aromatic heterocycles. The monoisotopic (exact) mass is 490 g/mol. The Bertz CT molecular complexity index is 1480. The number of amides is 4. The van der Waals surface area contributed by atoms with Crippen LogP contribution in [0.2, 0.25) is 0 Å². The molecule has 1 aliphatic heterocycles. The highest BCUT2D eigenvalue weighted by atomic mass is 16.2. The van der Waals surface area contributed by atoms with Gasteiger partial charge in [0.05, 0.1) is 17.7 Å². The van der Waals surface area contributed by atoms with Gasteiger partial charge in [-0.2, -0.15) is 0 Å². The van der Waals surface area contributed by atoms with Gasteiger partial charge in [-0.25, -0.2) is 4.79 Å². The van der Waals surface area contributed by atoms with E-state index in [2.05, 4.69) is 21.3 Å². The molecule has 0 radical (unpaired) electrons. The number of fused-ring (bicyclic) bond motifs is 1. The van der Waals surface area contributed by atoms with E-state index in [4.69, 9.17) is 0 Å². The lowest BCUT2D eigenvalue weighted by molar-refractivity contribution is -0.115. The fourth-order valence-corrected chi connectivity index (χ4v) is 4.45. The molecule has 0 unspecified atom stereocenters. The molecule has 4 aromatic carbocycles. The second kappa shape index (κ2) is 10.4. The van der Waals surface area contributed by atoms with E-state index >= 15 is 0 Å². The minimum Gasteiger partial charge on any atom is -0.348 e. The van der Waals surface area contributed by atoms with Gasteiger partial charge >= 0.3 is 6.03 Å². The molecule has 0 atom stereocenters. The molecule has 1 aliphatic rings. The van der Waals surface area contributed by atoms with Gasteiger partial charge in [0, 0.05) is 17.9 Å². The van der Waals surface area contributed by atoms with Crippen LogP contribution in [-0.4, -0.2) is 17.8 Å². The Kier molecular flexibility index (Phi) is 6.68. The predicted molar refractivity (Wildman–Crippen MR) is 146 cm³/mol. The number of rotatable bonds is 6. The molecule has 0 fully saturated rings. The maximum atomic E-state index is 12.6. The molecule has 4 amide bonds. The molecular weight excluding hydrogens is 464 g/mol. The summed E-state index contributed by atoms with van der Waals surface area (Å²) in [6.45, 7) is 2.34. The van der Waals surface area contributed by atoms with Crippen molar-refractivity contribution in [2.75, 3.05) is 16.0 Å². The van der Waals surface area contributed by atoms with Crippen molar-refractivity contribution in [2.24, 2.45) is 0 Å². The Balaban J connectivity index is 1.31. The van der Waals surface area contributed by atoms with Crippen molar-refractivity contribution in [3.05, 3.63) is 113 Å². The maximum Gasteiger partial charge on any atom is 0.323 e. The van der Waals surface area contributed by atoms with E-state index in [9.17, 15) is 14.4 Å². The highest BCUT2D eigenvalue weighted by molar-refractivity contribution is 6.08. The molecule has 4 N–H and O–H groups in total. The first-order valence-electron chi connectivity index (χ1n) is 12.0. The zero-order valence-electron chi connectivity index (χ0n) is 20.3. The van der Waals surface area contributed by atoms with Crippen molar-refractivity contribution in [3.8, 4) is 11.1 Å². The summed E-state index contributed by atoms with van der Waals surface area (Å²) in [6, 6.07) is 27.8. The highest BCUT2D eigenvalue weighted by Gasteiger charge is 2.26. The van der Waals surface area contributed by atoms with Gasteiger partial charge in [-0.15, -0.1) is 0 Å². The van der Waals surface area contributed by atoms with Gasteiger partial charge in [0.25, 0.3) is 5.91 Å². The predicted octanol–water partition coefficient (Wildman–Crippen LogP) is 5.73. The second-order valence-corrected chi connectivity index (χ2v) is 8.93. The number of urea groups is 1. The lowest BCUT2D eigenvalue weighted by Gasteiger charge is -2.14. The normalized spacial score (nSPS) is 11.9. The van der Waals surface area contributed by atoms with Crippen LogP contribution in [0.4, 0.5) is 21.9 Å². The maximum absolute atomic E-state index is 12.6. The minimum absolute atomic E-state index is 0.180. The number of hydrogen-bond donors (Lipinski definition) is 4. The molecule has 4 aromatic rings. The van der Waals surface area contributed by atoms with E-state index in [1.807, 2.05) is 91.9 Å². The molecule has 7 nitrogen and oxygen atoms in total. The molecular formula is C30H26N4O3. The molecule has 37 heavy (non-hydrogen) atoms. The summed E-state index contributed by atoms with van der Waals surface area (Å²) < 4.78 is 0. The van der Waals surface area contributed by atoms with Gasteiger partial charge in [0.1, 0.15) is 0 Å². The number of nitrogens with one attached hydrogen (secondary N) is 4. The topological polar surface area (TPSA) is 99.3 Å². The standard InChI is InChI=1S/C30H26N4O3/c1-19-6-5-9-23(16-19)33-30(37)32-22-12-10-21(11-13-22)24-14-15-26(28-25(24)18-31-29(28)36)34-27(35)17-20-7-3-2-4-8-20/h2-16H,17-18H2,1H3,(H,31,36)(H,34,35)(H2,32,33,37). The first-order chi connectivity index (χ1) is 18.0. The van der Waals surface area contributed by atoms with Crippen molar-refractivity contribution in [2.45, 2.75) is 19.9 Å². The lowest BCUT2D eigenvalue weighted by Crippen LogP contribution is -2.19. The Hall–Kier alpha value is -4.91. The van der Waals surface area contributed by atoms with Gasteiger partial charge in [-0.05, 0) is 65.1 Å². The molecule has 184 valence electrons. The van der Waals surface area contributed by atoms with Gasteiger partial charge < -0.3 is 21.3 Å². The Morgan fingerprint density at radius 3 is 2.32 bits per heavy atom. The van der Waals surface area contributed by atoms with E-state index in [-0.39, 0.29) is 24.3 Å². The third-order valence-electron chi connectivity index (χ3n) is 6.18. The van der Waals surface area contributed by atoms with E-state index in [1.54, 1.807) is 6.07 Å². The quantitative estimate of drug-likeness (QED) is 0.278. The highest BCUT2D eigenvalue weighted by Crippen LogP contribution is 2.34. The van der Waals surface area contributed by atoms with Crippen LogP contribution in [0.1, 0.15) is 27.0 Å². The molecule has 5 rings (SSSR count). The van der Waals surface area contributed by atoms with Crippen LogP contribution < -0.4 is 21.3 Å². The lowest BCUT2D eigenvalue weighted by atomic mass is 9.95. The van der Waals surface area contributed by atoms with E-state index < -0.39 is 0 Å². The minimum atomic E-state index is -0.329. The van der Waals surface area contributed by atoms with Crippen LogP contribution in [0, 0.1) is 6.92 Å². The number of benzene rings is 4. The van der Waals surface area contributed by atoms with E-state index in [0.29, 0.717) is 23.5 Å². The van der Waals surface area contributed by atoms with Crippen LogP contribution in [0.3, 0.4) is 0 Å². The average molecular weight is 491 g/mol. The average Bonchev–Trinajstić information content (AvgIpc) is 3.27. The van der Waals surface area contributed by atoms with Crippen LogP contribution >= 0.6 is 0 Å². The summed E-state index contributed by atoms with van der Waals surface area (Å²) in [5.74, 6) is -0.391. The number of aryl methyl sites for hydroxylation is 1. The number of carbonyl (C=O) groups is 3. The van der Waals surface area contributed by atoms with Crippen molar-refractivity contribution in [3.63, 3.8) is 0 Å². The SMILES string of the molecule is Cc1cccc(NC(=O)Nc2ccc(-c3ccc(NC(=O)Cc4ccccc4)c4c3CNC4=O)cc2)c1. The number of hydrogen-bond acceptors (Lipinski definition) is 3. The van der Waals surface area contributed by atoms with Gasteiger partial charge in [-0.1, -0.05) is 60.7 Å². The molecule has 1 heterocycles. The summed E-state index contributed by atoms with van der Waals surface area (Å²) in [7, 11) is 0. The van der Waals surface area contributed by atoms with E-state index in [1.165, 1.54) is 0 Å². The molecule has 0 saturated carbocycles. The summed E-state index contributed by atoms with van der Waals surface area (Å²) in [6.07, 6.45) is 0.227.